The van der Waals surface area contributed by atoms with Crippen LogP contribution in [0.4, 0.5) is 13.2 Å². The minimum Gasteiger partial charge on any atom is -0.496 e. The summed E-state index contributed by atoms with van der Waals surface area (Å²) >= 11 is 0. The Hall–Kier alpha value is -3.89. The number of alkyl halides is 3. The lowest BCUT2D eigenvalue weighted by Gasteiger charge is -2.31. The predicted octanol–water partition coefficient (Wildman–Crippen LogP) is 5.09. The van der Waals surface area contributed by atoms with E-state index < -0.39 is 12.6 Å². The Bertz CT molecular complexity index is 1380. The van der Waals surface area contributed by atoms with Crippen LogP contribution in [0.5, 0.6) is 5.75 Å². The molecule has 1 unspecified atom stereocenters. The molecule has 0 bridgehead atoms. The molecule has 1 saturated carbocycles. The average molecular weight is 541 g/mol. The van der Waals surface area contributed by atoms with Gasteiger partial charge in [0.2, 0.25) is 0 Å². The number of halogens is 3. The number of nitrogens with one attached hydrogen (secondary N) is 1. The van der Waals surface area contributed by atoms with Gasteiger partial charge in [-0.1, -0.05) is 19.1 Å². The van der Waals surface area contributed by atoms with E-state index in [0.29, 0.717) is 46.1 Å². The zero-order chi connectivity index (χ0) is 27.7. The van der Waals surface area contributed by atoms with E-state index in [4.69, 9.17) is 9.84 Å². The summed E-state index contributed by atoms with van der Waals surface area (Å²) in [7, 11) is 3.34. The molecule has 0 radical (unpaired) electrons. The predicted molar refractivity (Wildman–Crippen MR) is 142 cm³/mol. The Kier molecular flexibility index (Phi) is 7.33. The molecule has 1 N–H and O–H groups in total. The van der Waals surface area contributed by atoms with Crippen LogP contribution in [0.2, 0.25) is 0 Å². The number of ether oxygens (including phenoxy) is 1. The molecule has 1 amide bonds. The summed E-state index contributed by atoms with van der Waals surface area (Å²) in [4.78, 5) is 17.1. The molecule has 2 aliphatic heterocycles. The number of aliphatic imine (C=N–C) groups is 1. The van der Waals surface area contributed by atoms with Gasteiger partial charge < -0.3 is 10.1 Å². The molecule has 2 aromatic rings. The Morgan fingerprint density at radius 3 is 2.69 bits per heavy atom. The van der Waals surface area contributed by atoms with Crippen LogP contribution >= 0.6 is 0 Å². The third-order valence-corrected chi connectivity index (χ3v) is 6.90. The highest BCUT2D eigenvalue weighted by atomic mass is 19.4. The standard InChI is InChI=1S/C28H31F3N6O2/c1-17-4-9-24-21(32-13-11-28(29,30)31)16-22(23-10-12-33-36(23)2)35-37(24)25(14-17)20-8-5-18(15-26(20)39-3)27(38)34-19-6-7-19/h5,8-10,12,14-15,17,19H,4,6-7,11,13,16H2,1-3H3,(H,34,38). The first-order valence-corrected chi connectivity index (χ1v) is 13.0. The number of methoxy groups -OCH3 is 1. The van der Waals surface area contributed by atoms with E-state index in [2.05, 4.69) is 28.4 Å². The molecule has 1 aromatic heterocycles. The van der Waals surface area contributed by atoms with Crippen LogP contribution in [0, 0.1) is 5.92 Å². The monoisotopic (exact) mass is 540 g/mol. The van der Waals surface area contributed by atoms with Crippen LogP contribution in [0.3, 0.4) is 0 Å². The fourth-order valence-corrected chi connectivity index (χ4v) is 4.67. The van der Waals surface area contributed by atoms with Gasteiger partial charge in [-0.2, -0.15) is 23.4 Å². The Balaban J connectivity index is 1.58. The lowest BCUT2D eigenvalue weighted by Crippen LogP contribution is -2.32. The van der Waals surface area contributed by atoms with Crippen molar-refractivity contribution in [1.82, 2.24) is 20.1 Å². The normalized spacial score (nSPS) is 20.6. The van der Waals surface area contributed by atoms with Crippen LogP contribution in [0.15, 0.2) is 58.4 Å². The number of rotatable bonds is 7. The van der Waals surface area contributed by atoms with Crippen LogP contribution in [-0.4, -0.2) is 58.0 Å². The summed E-state index contributed by atoms with van der Waals surface area (Å²) in [6, 6.07) is 7.34. The van der Waals surface area contributed by atoms with Gasteiger partial charge in [-0.05, 0) is 49.4 Å². The topological polar surface area (TPSA) is 84.1 Å². The number of carbonyl (C=O) groups excluding carboxylic acids is 1. The maximum atomic E-state index is 13.0. The molecule has 11 heteroatoms. The number of fused-ring (bicyclic) bond motifs is 1. The summed E-state index contributed by atoms with van der Waals surface area (Å²) in [5.74, 6) is 0.448. The fourth-order valence-electron chi connectivity index (χ4n) is 4.67. The first-order valence-electron chi connectivity index (χ1n) is 13.0. The van der Waals surface area contributed by atoms with Crippen molar-refractivity contribution >= 4 is 23.0 Å². The van der Waals surface area contributed by atoms with Crippen LogP contribution in [-0.2, 0) is 7.05 Å². The smallest absolute Gasteiger partial charge is 0.390 e. The number of hydrazone groups is 1. The first kappa shape index (κ1) is 26.7. The Morgan fingerprint density at radius 2 is 2.03 bits per heavy atom. The molecule has 1 aromatic carbocycles. The number of hydrogen-bond donors (Lipinski definition) is 1. The van der Waals surface area contributed by atoms with E-state index in [9.17, 15) is 18.0 Å². The molecule has 3 aliphatic rings. The quantitative estimate of drug-likeness (QED) is 0.531. The van der Waals surface area contributed by atoms with Crippen LogP contribution < -0.4 is 10.1 Å². The van der Waals surface area contributed by atoms with E-state index in [1.807, 2.05) is 18.2 Å². The van der Waals surface area contributed by atoms with E-state index in [1.54, 1.807) is 42.2 Å². The minimum absolute atomic E-state index is 0.104. The number of nitrogens with zero attached hydrogens (tertiary/aromatic N) is 5. The summed E-state index contributed by atoms with van der Waals surface area (Å²) in [5, 5.41) is 13.9. The van der Waals surface area contributed by atoms with Gasteiger partial charge >= 0.3 is 6.18 Å². The van der Waals surface area contributed by atoms with E-state index in [1.165, 1.54) is 0 Å². The highest BCUT2D eigenvalue weighted by Gasteiger charge is 2.33. The summed E-state index contributed by atoms with van der Waals surface area (Å²) in [6.07, 6.45) is 3.31. The molecule has 0 saturated heterocycles. The van der Waals surface area contributed by atoms with Crippen molar-refractivity contribution in [3.05, 3.63) is 65.1 Å². The highest BCUT2D eigenvalue weighted by Crippen LogP contribution is 2.38. The zero-order valence-electron chi connectivity index (χ0n) is 22.1. The Labute approximate surface area is 224 Å². The fraction of sp³-hybridized carbons (Fsp3) is 0.429. The molecule has 1 fully saturated rings. The summed E-state index contributed by atoms with van der Waals surface area (Å²) in [5.41, 5.74) is 4.48. The molecule has 8 nitrogen and oxygen atoms in total. The number of benzene rings is 1. The first-order chi connectivity index (χ1) is 18.6. The molecule has 39 heavy (non-hydrogen) atoms. The molecular weight excluding hydrogens is 509 g/mol. The lowest BCUT2D eigenvalue weighted by molar-refractivity contribution is -0.132. The Morgan fingerprint density at radius 1 is 1.23 bits per heavy atom. The lowest BCUT2D eigenvalue weighted by atomic mass is 10.0. The number of aryl methyl sites for hydroxylation is 1. The van der Waals surface area contributed by atoms with Crippen molar-refractivity contribution < 1.29 is 22.7 Å². The third kappa shape index (κ3) is 6.07. The van der Waals surface area contributed by atoms with Gasteiger partial charge in [-0.15, -0.1) is 0 Å². The number of aromatic nitrogens is 2. The van der Waals surface area contributed by atoms with Crippen molar-refractivity contribution in [3.8, 4) is 5.75 Å². The van der Waals surface area contributed by atoms with Crippen molar-refractivity contribution in [1.29, 1.82) is 0 Å². The van der Waals surface area contributed by atoms with Crippen molar-refractivity contribution in [2.45, 2.75) is 51.2 Å². The van der Waals surface area contributed by atoms with Gasteiger partial charge in [0.15, 0.2) is 0 Å². The van der Waals surface area contributed by atoms with Gasteiger partial charge in [0, 0.05) is 43.4 Å². The van der Waals surface area contributed by atoms with Gasteiger partial charge in [0.05, 0.1) is 42.0 Å². The average Bonchev–Trinajstić information content (AvgIpc) is 3.64. The second-order valence-corrected chi connectivity index (χ2v) is 10.1. The third-order valence-electron chi connectivity index (χ3n) is 6.90. The van der Waals surface area contributed by atoms with Gasteiger partial charge in [0.1, 0.15) is 5.75 Å². The van der Waals surface area contributed by atoms with Gasteiger partial charge in [-0.3, -0.25) is 14.5 Å². The van der Waals surface area contributed by atoms with Gasteiger partial charge in [0.25, 0.3) is 5.91 Å². The maximum Gasteiger partial charge on any atom is 0.390 e. The summed E-state index contributed by atoms with van der Waals surface area (Å²) < 4.78 is 46.3. The number of allylic oxidation sites excluding steroid dienone is 3. The minimum atomic E-state index is -4.30. The molecule has 206 valence electrons. The van der Waals surface area contributed by atoms with Crippen molar-refractivity contribution in [2.24, 2.45) is 23.1 Å². The molecule has 3 heterocycles. The van der Waals surface area contributed by atoms with Crippen LogP contribution in [0.1, 0.15) is 60.6 Å². The molecule has 1 aliphatic carbocycles. The number of carbonyl (C=O) groups is 1. The van der Waals surface area contributed by atoms with E-state index >= 15 is 0 Å². The maximum absolute atomic E-state index is 13.0. The second-order valence-electron chi connectivity index (χ2n) is 10.1. The molecule has 0 spiro atoms. The van der Waals surface area contributed by atoms with Gasteiger partial charge in [-0.25, -0.2) is 5.01 Å². The van der Waals surface area contributed by atoms with E-state index in [-0.39, 0.29) is 30.8 Å². The van der Waals surface area contributed by atoms with Crippen molar-refractivity contribution in [2.75, 3.05) is 13.7 Å². The molecular formula is C28H31F3N6O2. The zero-order valence-corrected chi connectivity index (χ0v) is 22.1. The van der Waals surface area contributed by atoms with E-state index in [0.717, 1.165) is 18.5 Å². The van der Waals surface area contributed by atoms with Crippen molar-refractivity contribution in [3.63, 3.8) is 0 Å². The summed E-state index contributed by atoms with van der Waals surface area (Å²) in [6.45, 7) is 1.69. The second kappa shape index (κ2) is 10.7. The largest absolute Gasteiger partial charge is 0.496 e. The SMILES string of the molecule is COc1cc(C(=O)NC2CC2)ccc1C1=CC(C)CC=C2C(=NCCC(F)(F)F)CC(c3ccnn3C)=NN21. The number of hydrogen-bond acceptors (Lipinski definition) is 6. The van der Waals surface area contributed by atoms with Crippen LogP contribution in [0.25, 0.3) is 5.70 Å². The molecule has 1 atom stereocenters. The molecule has 5 rings (SSSR count). The number of amides is 1. The highest BCUT2D eigenvalue weighted by molar-refractivity contribution is 6.19.